The van der Waals surface area contributed by atoms with Crippen LogP contribution < -0.4 is 0 Å². The smallest absolute Gasteiger partial charge is 0.00189 e. The van der Waals surface area contributed by atoms with Crippen LogP contribution in [0.25, 0.3) is 5.57 Å². The SMILES string of the molecule is C/C=C\CCCc1ccc2c(c1)C(C)(C)C1CC(I)=CC=C21. The Bertz CT molecular complexity index is 658. The topological polar surface area (TPSA) is 0 Å². The van der Waals surface area contributed by atoms with E-state index in [0.717, 1.165) is 0 Å². The van der Waals surface area contributed by atoms with Crippen molar-refractivity contribution in [3.8, 4) is 0 Å². The number of allylic oxidation sites excluding steroid dienone is 6. The normalized spacial score (nSPS) is 22.3. The van der Waals surface area contributed by atoms with Gasteiger partial charge in [-0.2, -0.15) is 0 Å². The molecule has 1 unspecified atom stereocenters. The Balaban J connectivity index is 1.89. The lowest BCUT2D eigenvalue weighted by molar-refractivity contribution is 0.413. The molecule has 0 aromatic heterocycles. The first-order valence-corrected chi connectivity index (χ1v) is 9.43. The molecule has 2 aliphatic carbocycles. The van der Waals surface area contributed by atoms with E-state index in [0.29, 0.717) is 5.92 Å². The monoisotopic (exact) mass is 404 g/mol. The molecule has 0 bridgehead atoms. The molecule has 2 aliphatic rings. The second-order valence-electron chi connectivity index (χ2n) is 7.06. The molecule has 1 aromatic carbocycles. The maximum atomic E-state index is 2.49. The van der Waals surface area contributed by atoms with E-state index in [9.17, 15) is 0 Å². The molecular weight excluding hydrogens is 379 g/mol. The molecule has 1 aromatic rings. The first-order valence-electron chi connectivity index (χ1n) is 8.35. The second kappa shape index (κ2) is 6.35. The minimum Gasteiger partial charge on any atom is -0.0917 e. The summed E-state index contributed by atoms with van der Waals surface area (Å²) in [6, 6.07) is 7.20. The van der Waals surface area contributed by atoms with Gasteiger partial charge in [-0.25, -0.2) is 0 Å². The van der Waals surface area contributed by atoms with Crippen LogP contribution in [0.15, 0.2) is 46.1 Å². The molecule has 0 N–H and O–H groups in total. The van der Waals surface area contributed by atoms with Crippen LogP contribution in [0.4, 0.5) is 0 Å². The van der Waals surface area contributed by atoms with Gasteiger partial charge in [0.2, 0.25) is 0 Å². The molecule has 1 atom stereocenters. The minimum atomic E-state index is 0.255. The molecular formula is C21H25I. The number of halogens is 1. The summed E-state index contributed by atoms with van der Waals surface area (Å²) < 4.78 is 1.49. The van der Waals surface area contributed by atoms with E-state index in [4.69, 9.17) is 0 Å². The molecule has 1 heteroatoms. The van der Waals surface area contributed by atoms with Gasteiger partial charge in [0.05, 0.1) is 0 Å². The third-order valence-corrected chi connectivity index (χ3v) is 6.05. The van der Waals surface area contributed by atoms with Gasteiger partial charge in [-0.1, -0.05) is 56.4 Å². The van der Waals surface area contributed by atoms with Gasteiger partial charge in [0.25, 0.3) is 0 Å². The Morgan fingerprint density at radius 1 is 1.27 bits per heavy atom. The summed E-state index contributed by atoms with van der Waals surface area (Å²) in [6.07, 6.45) is 13.9. The zero-order chi connectivity index (χ0) is 15.7. The van der Waals surface area contributed by atoms with Gasteiger partial charge in [0.1, 0.15) is 0 Å². The summed E-state index contributed by atoms with van der Waals surface area (Å²) >= 11 is 2.49. The van der Waals surface area contributed by atoms with Gasteiger partial charge < -0.3 is 0 Å². The van der Waals surface area contributed by atoms with Crippen molar-refractivity contribution in [3.05, 3.63) is 62.8 Å². The van der Waals surface area contributed by atoms with E-state index >= 15 is 0 Å². The fraction of sp³-hybridized carbons (Fsp3) is 0.429. The van der Waals surface area contributed by atoms with Gasteiger partial charge in [-0.05, 0) is 92.4 Å². The van der Waals surface area contributed by atoms with Crippen LogP contribution in [0.2, 0.25) is 0 Å². The summed E-state index contributed by atoms with van der Waals surface area (Å²) in [5, 5.41) is 0. The minimum absolute atomic E-state index is 0.255. The second-order valence-corrected chi connectivity index (χ2v) is 8.44. The van der Waals surface area contributed by atoms with E-state index in [1.807, 2.05) is 0 Å². The summed E-state index contributed by atoms with van der Waals surface area (Å²) in [6.45, 7) is 6.95. The highest BCUT2D eigenvalue weighted by Gasteiger charge is 2.43. The average molecular weight is 404 g/mol. The lowest BCUT2D eigenvalue weighted by Crippen LogP contribution is -2.24. The number of rotatable bonds is 4. The van der Waals surface area contributed by atoms with Crippen molar-refractivity contribution in [1.82, 2.24) is 0 Å². The number of hydrogen-bond donors (Lipinski definition) is 0. The van der Waals surface area contributed by atoms with Gasteiger partial charge >= 0.3 is 0 Å². The lowest BCUT2D eigenvalue weighted by Gasteiger charge is -2.30. The molecule has 0 fully saturated rings. The number of unbranched alkanes of at least 4 members (excludes halogenated alkanes) is 1. The van der Waals surface area contributed by atoms with Crippen molar-refractivity contribution in [2.24, 2.45) is 5.92 Å². The Morgan fingerprint density at radius 3 is 2.86 bits per heavy atom. The molecule has 0 amide bonds. The summed E-state index contributed by atoms with van der Waals surface area (Å²) in [5.74, 6) is 0.651. The number of hydrogen-bond acceptors (Lipinski definition) is 0. The fourth-order valence-electron chi connectivity index (χ4n) is 3.90. The molecule has 0 saturated carbocycles. The maximum absolute atomic E-state index is 2.49. The summed E-state index contributed by atoms with van der Waals surface area (Å²) in [5.41, 5.74) is 6.36. The largest absolute Gasteiger partial charge is 0.0917 e. The van der Waals surface area contributed by atoms with Crippen molar-refractivity contribution < 1.29 is 0 Å². The van der Waals surface area contributed by atoms with Crippen LogP contribution >= 0.6 is 22.6 Å². The highest BCUT2D eigenvalue weighted by Crippen LogP contribution is 2.54. The van der Waals surface area contributed by atoms with Crippen molar-refractivity contribution in [2.45, 2.75) is 51.9 Å². The Labute approximate surface area is 148 Å². The van der Waals surface area contributed by atoms with Crippen molar-refractivity contribution in [2.75, 3.05) is 0 Å². The third kappa shape index (κ3) is 2.84. The molecule has 0 saturated heterocycles. The van der Waals surface area contributed by atoms with Crippen LogP contribution in [0.5, 0.6) is 0 Å². The zero-order valence-electron chi connectivity index (χ0n) is 13.8. The standard InChI is InChI=1S/C21H25I/c1-4-5-6-7-8-15-9-11-17-18-12-10-16(22)14-20(18)21(2,3)19(17)13-15/h4-5,9-13,20H,6-8,14H2,1-3H3/b5-4-. The van der Waals surface area contributed by atoms with Gasteiger partial charge in [0, 0.05) is 0 Å². The summed E-state index contributed by atoms with van der Waals surface area (Å²) in [4.78, 5) is 0. The van der Waals surface area contributed by atoms with E-state index in [1.54, 1.807) is 11.1 Å². The van der Waals surface area contributed by atoms with Crippen LogP contribution in [0, 0.1) is 5.92 Å². The average Bonchev–Trinajstić information content (AvgIpc) is 2.72. The van der Waals surface area contributed by atoms with Gasteiger partial charge in [-0.3, -0.25) is 0 Å². The molecule has 0 spiro atoms. The molecule has 0 nitrogen and oxygen atoms in total. The first kappa shape index (κ1) is 16.0. The molecule has 3 rings (SSSR count). The van der Waals surface area contributed by atoms with Crippen molar-refractivity contribution in [1.29, 1.82) is 0 Å². The molecule has 0 aliphatic heterocycles. The van der Waals surface area contributed by atoms with Crippen molar-refractivity contribution >= 4 is 28.2 Å². The highest BCUT2D eigenvalue weighted by atomic mass is 127. The lowest BCUT2D eigenvalue weighted by atomic mass is 9.74. The molecule has 0 radical (unpaired) electrons. The first-order chi connectivity index (χ1) is 10.5. The number of benzene rings is 1. The Hall–Kier alpha value is -0.830. The molecule has 116 valence electrons. The molecule has 22 heavy (non-hydrogen) atoms. The van der Waals surface area contributed by atoms with Crippen LogP contribution in [-0.4, -0.2) is 0 Å². The van der Waals surface area contributed by atoms with E-state index in [-0.39, 0.29) is 5.41 Å². The fourth-order valence-corrected chi connectivity index (χ4v) is 4.52. The van der Waals surface area contributed by atoms with Gasteiger partial charge in [0.15, 0.2) is 0 Å². The highest BCUT2D eigenvalue weighted by molar-refractivity contribution is 14.1. The Morgan fingerprint density at radius 2 is 2.09 bits per heavy atom. The number of fused-ring (bicyclic) bond motifs is 3. The van der Waals surface area contributed by atoms with E-state index < -0.39 is 0 Å². The molecule has 0 heterocycles. The zero-order valence-corrected chi connectivity index (χ0v) is 16.0. The van der Waals surface area contributed by atoms with Crippen LogP contribution in [0.1, 0.15) is 56.7 Å². The van der Waals surface area contributed by atoms with E-state index in [2.05, 4.69) is 85.9 Å². The predicted molar refractivity (Wildman–Crippen MR) is 105 cm³/mol. The quantitative estimate of drug-likeness (QED) is 0.301. The van der Waals surface area contributed by atoms with Crippen molar-refractivity contribution in [3.63, 3.8) is 0 Å². The third-order valence-electron chi connectivity index (χ3n) is 5.25. The van der Waals surface area contributed by atoms with E-state index in [1.165, 1.54) is 40.4 Å². The Kier molecular flexibility index (Phi) is 4.63. The van der Waals surface area contributed by atoms with Crippen LogP contribution in [-0.2, 0) is 11.8 Å². The summed E-state index contributed by atoms with van der Waals surface area (Å²) in [7, 11) is 0. The van der Waals surface area contributed by atoms with Crippen LogP contribution in [0.3, 0.4) is 0 Å². The van der Waals surface area contributed by atoms with Gasteiger partial charge in [-0.15, -0.1) is 0 Å². The number of aryl methyl sites for hydroxylation is 1. The predicted octanol–water partition coefficient (Wildman–Crippen LogP) is 6.60. The maximum Gasteiger partial charge on any atom is -0.00189 e.